The number of fused-ring (bicyclic) bond motifs is 5. The van der Waals surface area contributed by atoms with Crippen molar-refractivity contribution in [1.82, 2.24) is 0 Å². The Labute approximate surface area is 151 Å². The fourth-order valence-electron chi connectivity index (χ4n) is 7.56. The van der Waals surface area contributed by atoms with Crippen LogP contribution >= 0.6 is 0 Å². The average Bonchev–Trinajstić information content (AvgIpc) is 2.93. The monoisotopic (exact) mass is 341 g/mol. The predicted molar refractivity (Wildman–Crippen MR) is 96.4 cm³/mol. The first-order valence-electron chi connectivity index (χ1n) is 10.1. The number of hydrogen-bond donors (Lipinski definition) is 1. The minimum atomic E-state index is -1.21. The molecule has 0 heterocycles. The topological polar surface area (TPSA) is 61.1 Å². The van der Waals surface area contributed by atoms with Gasteiger partial charge in [-0.2, -0.15) is 5.26 Å². The number of hydrogen-bond acceptors (Lipinski definition) is 3. The molecular formula is C22H31NO2. The number of aliphatic hydroxyl groups is 1. The molecule has 0 bridgehead atoms. The predicted octanol–water partition coefficient (Wildman–Crippen LogP) is 4.41. The molecule has 25 heavy (non-hydrogen) atoms. The Kier molecular flexibility index (Phi) is 3.75. The van der Waals surface area contributed by atoms with Gasteiger partial charge < -0.3 is 5.11 Å². The Morgan fingerprint density at radius 2 is 1.92 bits per heavy atom. The molecule has 0 spiro atoms. The number of carbonyl (C=O) groups excluding carboxylic acids is 1. The van der Waals surface area contributed by atoms with E-state index >= 15 is 0 Å². The summed E-state index contributed by atoms with van der Waals surface area (Å²) in [6.45, 7) is 6.46. The molecule has 3 fully saturated rings. The van der Waals surface area contributed by atoms with Gasteiger partial charge in [-0.15, -0.1) is 0 Å². The molecule has 4 rings (SSSR count). The lowest BCUT2D eigenvalue weighted by Gasteiger charge is -2.58. The molecule has 0 aromatic carbocycles. The van der Waals surface area contributed by atoms with E-state index in [1.165, 1.54) is 18.4 Å². The summed E-state index contributed by atoms with van der Waals surface area (Å²) in [5, 5.41) is 20.2. The Hall–Kier alpha value is -1.14. The van der Waals surface area contributed by atoms with E-state index in [2.05, 4.69) is 19.9 Å². The highest BCUT2D eigenvalue weighted by molar-refractivity contribution is 5.91. The molecule has 4 aliphatic carbocycles. The van der Waals surface area contributed by atoms with Gasteiger partial charge in [0.1, 0.15) is 0 Å². The number of allylic oxidation sites excluding steroid dienone is 1. The first-order chi connectivity index (χ1) is 11.7. The van der Waals surface area contributed by atoms with Gasteiger partial charge in [-0.25, -0.2) is 0 Å². The zero-order valence-electron chi connectivity index (χ0n) is 15.8. The second kappa shape index (κ2) is 5.43. The normalized spacial score (nSPS) is 48.4. The number of rotatable bonds is 1. The van der Waals surface area contributed by atoms with Crippen molar-refractivity contribution in [1.29, 1.82) is 5.26 Å². The van der Waals surface area contributed by atoms with E-state index < -0.39 is 5.60 Å². The van der Waals surface area contributed by atoms with Crippen LogP contribution in [0.2, 0.25) is 0 Å². The number of nitrogens with zero attached hydrogens (tertiary/aromatic N) is 1. The van der Waals surface area contributed by atoms with E-state index in [4.69, 9.17) is 0 Å². The van der Waals surface area contributed by atoms with Crippen LogP contribution in [-0.2, 0) is 4.79 Å². The molecule has 136 valence electrons. The van der Waals surface area contributed by atoms with Gasteiger partial charge in [0.05, 0.1) is 6.07 Å². The molecule has 0 saturated heterocycles. The molecule has 4 aliphatic rings. The summed E-state index contributed by atoms with van der Waals surface area (Å²) < 4.78 is 0. The lowest BCUT2D eigenvalue weighted by Crippen LogP contribution is -2.52. The van der Waals surface area contributed by atoms with Crippen LogP contribution in [0, 0.1) is 45.8 Å². The highest BCUT2D eigenvalue weighted by atomic mass is 16.3. The van der Waals surface area contributed by atoms with Gasteiger partial charge >= 0.3 is 0 Å². The summed E-state index contributed by atoms with van der Waals surface area (Å²) >= 11 is 0. The summed E-state index contributed by atoms with van der Waals surface area (Å²) in [5.41, 5.74) is 0.486. The second-order valence-electron chi connectivity index (χ2n) is 9.90. The number of nitriles is 1. The van der Waals surface area contributed by atoms with Gasteiger partial charge in [0.15, 0.2) is 11.4 Å². The molecule has 0 amide bonds. The Morgan fingerprint density at radius 1 is 1.16 bits per heavy atom. The van der Waals surface area contributed by atoms with E-state index in [9.17, 15) is 15.2 Å². The van der Waals surface area contributed by atoms with Crippen molar-refractivity contribution >= 4 is 5.78 Å². The van der Waals surface area contributed by atoms with Gasteiger partial charge in [0.25, 0.3) is 0 Å². The maximum Gasteiger partial charge on any atom is 0.155 e. The highest BCUT2D eigenvalue weighted by Crippen LogP contribution is 2.67. The van der Waals surface area contributed by atoms with Gasteiger partial charge in [0.2, 0.25) is 0 Å². The first-order valence-corrected chi connectivity index (χ1v) is 10.1. The van der Waals surface area contributed by atoms with Crippen LogP contribution in [0.25, 0.3) is 0 Å². The number of carbonyl (C=O) groups is 1. The maximum atomic E-state index is 11.9. The summed E-state index contributed by atoms with van der Waals surface area (Å²) in [4.78, 5) is 11.9. The maximum absolute atomic E-state index is 11.9. The summed E-state index contributed by atoms with van der Waals surface area (Å²) in [7, 11) is 0. The standard InChI is InChI=1S/C22H31NO2/c1-20-10-8-15(24)12-14(20)4-5-16-17-6-7-19(22(3,25)13-23)21(17,2)11-9-18(16)20/h12,16-19,25H,4-11H2,1-3H3/t16-,17-,18-,19-,20-,21-,22?/m0/s1. The molecule has 3 heteroatoms. The third-order valence-corrected chi connectivity index (χ3v) is 8.87. The SMILES string of the molecule is CC(O)(C#N)[C@H]1CC[C@H]2[C@@H]3CCC4=CC(=O)CC[C@]4(C)[C@H]3CC[C@]12C. The zero-order chi connectivity index (χ0) is 18.0. The summed E-state index contributed by atoms with van der Waals surface area (Å²) in [5.74, 6) is 2.39. The average molecular weight is 341 g/mol. The fourth-order valence-corrected chi connectivity index (χ4v) is 7.56. The summed E-state index contributed by atoms with van der Waals surface area (Å²) in [6.07, 6.45) is 10.3. The largest absolute Gasteiger partial charge is 0.375 e. The Bertz CT molecular complexity index is 672. The molecule has 1 N–H and O–H groups in total. The van der Waals surface area contributed by atoms with Crippen molar-refractivity contribution in [3.8, 4) is 6.07 Å². The minimum Gasteiger partial charge on any atom is -0.375 e. The van der Waals surface area contributed by atoms with Crippen molar-refractivity contribution < 1.29 is 9.90 Å². The van der Waals surface area contributed by atoms with Gasteiger partial charge in [0, 0.05) is 12.3 Å². The highest BCUT2D eigenvalue weighted by Gasteiger charge is 2.61. The van der Waals surface area contributed by atoms with Crippen molar-refractivity contribution in [2.75, 3.05) is 0 Å². The van der Waals surface area contributed by atoms with Gasteiger partial charge in [-0.3, -0.25) is 4.79 Å². The Balaban J connectivity index is 1.66. The fraction of sp³-hybridized carbons (Fsp3) is 0.818. The quantitative estimate of drug-likeness (QED) is 0.719. The van der Waals surface area contributed by atoms with Crippen molar-refractivity contribution in [2.45, 2.75) is 77.7 Å². The molecule has 0 aromatic heterocycles. The van der Waals surface area contributed by atoms with Crippen LogP contribution in [-0.4, -0.2) is 16.5 Å². The third kappa shape index (κ3) is 2.29. The first kappa shape index (κ1) is 17.3. The van der Waals surface area contributed by atoms with Crippen LogP contribution in [0.4, 0.5) is 0 Å². The number of ketones is 1. The van der Waals surface area contributed by atoms with E-state index in [-0.39, 0.29) is 16.7 Å². The molecule has 0 aromatic rings. The lowest BCUT2D eigenvalue weighted by molar-refractivity contribution is -0.118. The molecular weight excluding hydrogens is 310 g/mol. The third-order valence-electron chi connectivity index (χ3n) is 8.87. The van der Waals surface area contributed by atoms with Crippen LogP contribution in [0.3, 0.4) is 0 Å². The van der Waals surface area contributed by atoms with E-state index in [0.29, 0.717) is 30.0 Å². The minimum absolute atomic E-state index is 0.0858. The van der Waals surface area contributed by atoms with Crippen LogP contribution in [0.5, 0.6) is 0 Å². The smallest absolute Gasteiger partial charge is 0.155 e. The van der Waals surface area contributed by atoms with E-state index in [0.717, 1.165) is 32.1 Å². The molecule has 3 nitrogen and oxygen atoms in total. The second-order valence-corrected chi connectivity index (χ2v) is 9.90. The molecule has 0 radical (unpaired) electrons. The van der Waals surface area contributed by atoms with Gasteiger partial charge in [-0.05, 0) is 86.5 Å². The van der Waals surface area contributed by atoms with E-state index in [1.807, 2.05) is 6.08 Å². The van der Waals surface area contributed by atoms with Crippen LogP contribution in [0.15, 0.2) is 11.6 Å². The van der Waals surface area contributed by atoms with Crippen molar-refractivity contribution in [3.05, 3.63) is 11.6 Å². The Morgan fingerprint density at radius 3 is 2.64 bits per heavy atom. The molecule has 7 atom stereocenters. The molecule has 1 unspecified atom stereocenters. The van der Waals surface area contributed by atoms with Crippen molar-refractivity contribution in [3.63, 3.8) is 0 Å². The van der Waals surface area contributed by atoms with E-state index in [1.54, 1.807) is 6.92 Å². The van der Waals surface area contributed by atoms with Crippen LogP contribution < -0.4 is 0 Å². The van der Waals surface area contributed by atoms with Gasteiger partial charge in [-0.1, -0.05) is 19.4 Å². The molecule has 0 aliphatic heterocycles. The van der Waals surface area contributed by atoms with Crippen molar-refractivity contribution in [2.24, 2.45) is 34.5 Å². The lowest BCUT2D eigenvalue weighted by atomic mass is 9.46. The summed E-state index contributed by atoms with van der Waals surface area (Å²) in [6, 6.07) is 2.18. The molecule has 3 saturated carbocycles. The zero-order valence-corrected chi connectivity index (χ0v) is 15.8. The van der Waals surface area contributed by atoms with Crippen LogP contribution in [0.1, 0.15) is 72.1 Å².